The van der Waals surface area contributed by atoms with Gasteiger partial charge in [0.05, 0.1) is 5.56 Å². The molecule has 1 rings (SSSR count). The molecule has 1 aromatic rings. The van der Waals surface area contributed by atoms with E-state index in [1.807, 2.05) is 0 Å². The zero-order chi connectivity index (χ0) is 13.7. The summed E-state index contributed by atoms with van der Waals surface area (Å²) >= 11 is 0. The molecule has 0 fully saturated rings. The highest BCUT2D eigenvalue weighted by molar-refractivity contribution is 5.95. The van der Waals surface area contributed by atoms with Gasteiger partial charge in [-0.2, -0.15) is 0 Å². The molecule has 0 saturated carbocycles. The fourth-order valence-electron chi connectivity index (χ4n) is 1.56. The molecule has 4 heteroatoms. The Labute approximate surface area is 106 Å². The maximum absolute atomic E-state index is 11.5. The molecule has 1 aromatic carbocycles. The Morgan fingerprint density at radius 1 is 1.39 bits per heavy atom. The maximum atomic E-state index is 11.5. The lowest BCUT2D eigenvalue weighted by atomic mass is 10.0. The van der Waals surface area contributed by atoms with E-state index in [9.17, 15) is 9.59 Å². The number of amides is 1. The SMILES string of the molecule is C#CCCC(=O)Nc1cc(C)c(C)c(C(=O)O)c1. The van der Waals surface area contributed by atoms with Crippen LogP contribution in [0.4, 0.5) is 5.69 Å². The minimum atomic E-state index is -1.00. The summed E-state index contributed by atoms with van der Waals surface area (Å²) in [4.78, 5) is 22.5. The smallest absolute Gasteiger partial charge is 0.336 e. The van der Waals surface area contributed by atoms with E-state index in [1.165, 1.54) is 6.07 Å². The Hall–Kier alpha value is -2.28. The number of carbonyl (C=O) groups is 2. The summed E-state index contributed by atoms with van der Waals surface area (Å²) in [7, 11) is 0. The van der Waals surface area contributed by atoms with E-state index < -0.39 is 5.97 Å². The second kappa shape index (κ2) is 5.87. The molecule has 0 aliphatic carbocycles. The average Bonchev–Trinajstić information content (AvgIpc) is 2.30. The largest absolute Gasteiger partial charge is 0.478 e. The van der Waals surface area contributed by atoms with E-state index in [4.69, 9.17) is 11.5 Å². The molecule has 94 valence electrons. The van der Waals surface area contributed by atoms with Crippen molar-refractivity contribution in [1.82, 2.24) is 0 Å². The normalized spacial score (nSPS) is 9.61. The van der Waals surface area contributed by atoms with Gasteiger partial charge in [-0.05, 0) is 37.1 Å². The summed E-state index contributed by atoms with van der Waals surface area (Å²) in [6.07, 6.45) is 5.66. The monoisotopic (exact) mass is 245 g/mol. The lowest BCUT2D eigenvalue weighted by molar-refractivity contribution is -0.116. The Kier molecular flexibility index (Phi) is 4.50. The zero-order valence-corrected chi connectivity index (χ0v) is 10.4. The van der Waals surface area contributed by atoms with E-state index in [2.05, 4.69) is 11.2 Å². The summed E-state index contributed by atoms with van der Waals surface area (Å²) < 4.78 is 0. The highest BCUT2D eigenvalue weighted by atomic mass is 16.4. The molecular weight excluding hydrogens is 230 g/mol. The lowest BCUT2D eigenvalue weighted by Crippen LogP contribution is -2.12. The molecule has 0 radical (unpaired) electrons. The van der Waals surface area contributed by atoms with Crippen LogP contribution in [0.1, 0.15) is 34.3 Å². The number of hydrogen-bond acceptors (Lipinski definition) is 2. The van der Waals surface area contributed by atoms with Crippen LogP contribution in [0.25, 0.3) is 0 Å². The predicted octanol–water partition coefficient (Wildman–Crippen LogP) is 2.35. The molecule has 0 aliphatic heterocycles. The first-order valence-corrected chi connectivity index (χ1v) is 5.53. The summed E-state index contributed by atoms with van der Waals surface area (Å²) in [6.45, 7) is 3.54. The van der Waals surface area contributed by atoms with Crippen molar-refractivity contribution >= 4 is 17.6 Å². The highest BCUT2D eigenvalue weighted by Crippen LogP contribution is 2.20. The van der Waals surface area contributed by atoms with Crippen molar-refractivity contribution in [3.63, 3.8) is 0 Å². The number of carboxylic acids is 1. The van der Waals surface area contributed by atoms with Crippen LogP contribution in [0.2, 0.25) is 0 Å². The fourth-order valence-corrected chi connectivity index (χ4v) is 1.56. The third-order valence-electron chi connectivity index (χ3n) is 2.68. The standard InChI is InChI=1S/C14H15NO3/c1-4-5-6-13(16)15-11-7-9(2)10(3)12(8-11)14(17)18/h1,7-8H,5-6H2,2-3H3,(H,15,16)(H,17,18). The number of aromatic carboxylic acids is 1. The van der Waals surface area contributed by atoms with Crippen LogP contribution in [0, 0.1) is 26.2 Å². The molecule has 0 aliphatic rings. The predicted molar refractivity (Wildman–Crippen MR) is 69.6 cm³/mol. The number of anilines is 1. The molecule has 0 atom stereocenters. The van der Waals surface area contributed by atoms with Crippen molar-refractivity contribution < 1.29 is 14.7 Å². The van der Waals surface area contributed by atoms with Gasteiger partial charge >= 0.3 is 5.97 Å². The second-order valence-electron chi connectivity index (χ2n) is 4.02. The Morgan fingerprint density at radius 2 is 2.06 bits per heavy atom. The summed E-state index contributed by atoms with van der Waals surface area (Å²) in [5.74, 6) is 1.16. The van der Waals surface area contributed by atoms with Crippen molar-refractivity contribution in [2.75, 3.05) is 5.32 Å². The molecule has 0 unspecified atom stereocenters. The van der Waals surface area contributed by atoms with Gasteiger partial charge in [-0.15, -0.1) is 12.3 Å². The molecule has 0 aromatic heterocycles. The van der Waals surface area contributed by atoms with E-state index in [-0.39, 0.29) is 17.9 Å². The number of nitrogens with one attached hydrogen (secondary N) is 1. The van der Waals surface area contributed by atoms with E-state index in [1.54, 1.807) is 19.9 Å². The number of carboxylic acid groups (broad SMARTS) is 1. The van der Waals surface area contributed by atoms with Gasteiger partial charge in [0.15, 0.2) is 0 Å². The van der Waals surface area contributed by atoms with Crippen molar-refractivity contribution in [3.8, 4) is 12.3 Å². The maximum Gasteiger partial charge on any atom is 0.336 e. The zero-order valence-electron chi connectivity index (χ0n) is 10.4. The minimum absolute atomic E-state index is 0.197. The number of terminal acetylenes is 1. The van der Waals surface area contributed by atoms with E-state index in [0.29, 0.717) is 17.7 Å². The van der Waals surface area contributed by atoms with Crippen molar-refractivity contribution in [1.29, 1.82) is 0 Å². The Morgan fingerprint density at radius 3 is 2.61 bits per heavy atom. The lowest BCUT2D eigenvalue weighted by Gasteiger charge is -2.10. The number of benzene rings is 1. The highest BCUT2D eigenvalue weighted by Gasteiger charge is 2.12. The first-order chi connectivity index (χ1) is 8.45. The molecular formula is C14H15NO3. The van der Waals surface area contributed by atoms with E-state index >= 15 is 0 Å². The Balaban J connectivity index is 2.95. The van der Waals surface area contributed by atoms with Crippen LogP contribution < -0.4 is 5.32 Å². The number of rotatable bonds is 4. The molecule has 0 spiro atoms. The molecule has 18 heavy (non-hydrogen) atoms. The summed E-state index contributed by atoms with van der Waals surface area (Å²) in [5.41, 5.74) is 2.20. The van der Waals surface area contributed by atoms with Crippen LogP contribution >= 0.6 is 0 Å². The van der Waals surface area contributed by atoms with Gasteiger partial charge in [-0.3, -0.25) is 4.79 Å². The van der Waals surface area contributed by atoms with Crippen LogP contribution in [-0.4, -0.2) is 17.0 Å². The van der Waals surface area contributed by atoms with Gasteiger partial charge < -0.3 is 10.4 Å². The van der Waals surface area contributed by atoms with Gasteiger partial charge in [0, 0.05) is 18.5 Å². The number of aryl methyl sites for hydroxylation is 1. The summed E-state index contributed by atoms with van der Waals surface area (Å²) in [6, 6.07) is 3.20. The molecule has 0 heterocycles. The topological polar surface area (TPSA) is 66.4 Å². The van der Waals surface area contributed by atoms with Crippen LogP contribution in [0.15, 0.2) is 12.1 Å². The fraction of sp³-hybridized carbons (Fsp3) is 0.286. The van der Waals surface area contributed by atoms with Crippen molar-refractivity contribution in [2.24, 2.45) is 0 Å². The van der Waals surface area contributed by atoms with Gasteiger partial charge in [0.25, 0.3) is 0 Å². The van der Waals surface area contributed by atoms with Gasteiger partial charge in [0.2, 0.25) is 5.91 Å². The van der Waals surface area contributed by atoms with Gasteiger partial charge in [0.1, 0.15) is 0 Å². The van der Waals surface area contributed by atoms with Crippen LogP contribution in [0.3, 0.4) is 0 Å². The Bertz CT molecular complexity index is 527. The molecule has 4 nitrogen and oxygen atoms in total. The third-order valence-corrected chi connectivity index (χ3v) is 2.68. The molecule has 1 amide bonds. The molecule has 0 saturated heterocycles. The summed E-state index contributed by atoms with van der Waals surface area (Å²) in [5, 5.41) is 11.7. The first-order valence-electron chi connectivity index (χ1n) is 5.53. The van der Waals surface area contributed by atoms with Gasteiger partial charge in [-0.25, -0.2) is 4.79 Å². The number of carbonyl (C=O) groups excluding carboxylic acids is 1. The number of hydrogen-bond donors (Lipinski definition) is 2. The van der Waals surface area contributed by atoms with E-state index in [0.717, 1.165) is 5.56 Å². The molecule has 2 N–H and O–H groups in total. The first kappa shape index (κ1) is 13.8. The average molecular weight is 245 g/mol. The van der Waals surface area contributed by atoms with Crippen molar-refractivity contribution in [3.05, 3.63) is 28.8 Å². The van der Waals surface area contributed by atoms with Crippen LogP contribution in [-0.2, 0) is 4.79 Å². The third kappa shape index (κ3) is 3.36. The second-order valence-corrected chi connectivity index (χ2v) is 4.02. The quantitative estimate of drug-likeness (QED) is 0.800. The van der Waals surface area contributed by atoms with Crippen LogP contribution in [0.5, 0.6) is 0 Å². The van der Waals surface area contributed by atoms with Crippen molar-refractivity contribution in [2.45, 2.75) is 26.7 Å². The van der Waals surface area contributed by atoms with Gasteiger partial charge in [-0.1, -0.05) is 0 Å². The minimum Gasteiger partial charge on any atom is -0.478 e. The molecule has 0 bridgehead atoms.